The fourth-order valence-electron chi connectivity index (χ4n) is 4.54. The van der Waals surface area contributed by atoms with Crippen LogP contribution in [0.2, 0.25) is 0 Å². The van der Waals surface area contributed by atoms with Gasteiger partial charge in [0.25, 0.3) is 0 Å². The Morgan fingerprint density at radius 2 is 2.08 bits per heavy atom. The van der Waals surface area contributed by atoms with Gasteiger partial charge < -0.3 is 10.2 Å². The standard InChI is InChI=1S/C20H24N2O2/c1-14-9-10-20(19(24)21-14)11-12-22(13-20)18(23)17-8-4-6-15-5-2-3-7-16(15)17/h2-3,5,7,17H,1,4,6,8-13H2,(H,21,24)/t17-,20?/m0/s1. The second-order valence-electron chi connectivity index (χ2n) is 7.49. The van der Waals surface area contributed by atoms with Gasteiger partial charge in [-0.3, -0.25) is 9.59 Å². The molecule has 2 amide bonds. The summed E-state index contributed by atoms with van der Waals surface area (Å²) in [5.41, 5.74) is 2.90. The summed E-state index contributed by atoms with van der Waals surface area (Å²) < 4.78 is 0. The van der Waals surface area contributed by atoms with Gasteiger partial charge in [-0.15, -0.1) is 0 Å². The molecule has 0 bridgehead atoms. The second kappa shape index (κ2) is 5.76. The molecule has 4 rings (SSSR count). The Morgan fingerprint density at radius 1 is 1.25 bits per heavy atom. The van der Waals surface area contributed by atoms with Crippen LogP contribution < -0.4 is 5.32 Å². The van der Waals surface area contributed by atoms with Crippen molar-refractivity contribution in [1.82, 2.24) is 10.2 Å². The molecule has 2 aliphatic heterocycles. The average molecular weight is 324 g/mol. The first kappa shape index (κ1) is 15.4. The maximum Gasteiger partial charge on any atom is 0.232 e. The van der Waals surface area contributed by atoms with Gasteiger partial charge in [0.05, 0.1) is 11.3 Å². The number of likely N-dealkylation sites (tertiary alicyclic amines) is 1. The lowest BCUT2D eigenvalue weighted by Crippen LogP contribution is -2.47. The van der Waals surface area contributed by atoms with E-state index in [1.165, 1.54) is 11.1 Å². The fraction of sp³-hybridized carbons (Fsp3) is 0.500. The van der Waals surface area contributed by atoms with Gasteiger partial charge in [0.1, 0.15) is 0 Å². The molecule has 0 aromatic heterocycles. The third-order valence-electron chi connectivity index (χ3n) is 6.01. The number of hydrogen-bond acceptors (Lipinski definition) is 2. The van der Waals surface area contributed by atoms with Crippen LogP contribution in [0.25, 0.3) is 0 Å². The molecule has 24 heavy (non-hydrogen) atoms. The van der Waals surface area contributed by atoms with Crippen LogP contribution in [0, 0.1) is 5.41 Å². The number of rotatable bonds is 1. The number of allylic oxidation sites excluding steroid dienone is 1. The second-order valence-corrected chi connectivity index (χ2v) is 7.49. The minimum atomic E-state index is -0.398. The summed E-state index contributed by atoms with van der Waals surface area (Å²) in [4.78, 5) is 27.5. The van der Waals surface area contributed by atoms with Crippen LogP contribution in [0.5, 0.6) is 0 Å². The van der Waals surface area contributed by atoms with Crippen LogP contribution in [-0.4, -0.2) is 29.8 Å². The number of aryl methyl sites for hydroxylation is 1. The van der Waals surface area contributed by atoms with Crippen molar-refractivity contribution in [2.24, 2.45) is 5.41 Å². The number of benzene rings is 1. The minimum Gasteiger partial charge on any atom is -0.341 e. The molecule has 1 aromatic rings. The van der Waals surface area contributed by atoms with Crippen molar-refractivity contribution in [3.63, 3.8) is 0 Å². The van der Waals surface area contributed by atoms with Crippen molar-refractivity contribution in [2.75, 3.05) is 13.1 Å². The van der Waals surface area contributed by atoms with Crippen molar-refractivity contribution in [3.05, 3.63) is 47.7 Å². The summed E-state index contributed by atoms with van der Waals surface area (Å²) >= 11 is 0. The molecule has 3 aliphatic rings. The van der Waals surface area contributed by atoms with Gasteiger partial charge in [-0.25, -0.2) is 0 Å². The molecular formula is C20H24N2O2. The molecule has 2 heterocycles. The van der Waals surface area contributed by atoms with Gasteiger partial charge >= 0.3 is 0 Å². The summed E-state index contributed by atoms with van der Waals surface area (Å²) in [5.74, 6) is 0.223. The number of fused-ring (bicyclic) bond motifs is 1. The molecule has 0 saturated carbocycles. The highest BCUT2D eigenvalue weighted by Gasteiger charge is 2.48. The predicted octanol–water partition coefficient (Wildman–Crippen LogP) is 2.75. The van der Waals surface area contributed by atoms with Gasteiger partial charge in [-0.1, -0.05) is 30.8 Å². The van der Waals surface area contributed by atoms with Gasteiger partial charge in [0, 0.05) is 18.8 Å². The Labute approximate surface area is 142 Å². The maximum absolute atomic E-state index is 13.1. The van der Waals surface area contributed by atoms with E-state index in [1.807, 2.05) is 11.0 Å². The van der Waals surface area contributed by atoms with Crippen LogP contribution in [-0.2, 0) is 16.0 Å². The smallest absolute Gasteiger partial charge is 0.232 e. The van der Waals surface area contributed by atoms with Crippen molar-refractivity contribution in [2.45, 2.75) is 44.4 Å². The highest BCUT2D eigenvalue weighted by Crippen LogP contribution is 2.41. The third-order valence-corrected chi connectivity index (χ3v) is 6.01. The van der Waals surface area contributed by atoms with Crippen LogP contribution in [0.3, 0.4) is 0 Å². The number of piperidine rings is 1. The van der Waals surface area contributed by atoms with Gasteiger partial charge in [-0.05, 0) is 49.7 Å². The lowest BCUT2D eigenvalue weighted by atomic mass is 9.78. The molecule has 4 heteroatoms. The molecule has 2 fully saturated rings. The molecule has 2 saturated heterocycles. The van der Waals surface area contributed by atoms with Crippen LogP contribution in [0.4, 0.5) is 0 Å². The van der Waals surface area contributed by atoms with Crippen molar-refractivity contribution in [3.8, 4) is 0 Å². The van der Waals surface area contributed by atoms with E-state index in [-0.39, 0.29) is 17.7 Å². The monoisotopic (exact) mass is 324 g/mol. The zero-order chi connectivity index (χ0) is 16.7. The molecule has 2 atom stereocenters. The summed E-state index contributed by atoms with van der Waals surface area (Å²) in [6.07, 6.45) is 5.44. The molecule has 4 nitrogen and oxygen atoms in total. The van der Waals surface area contributed by atoms with Crippen molar-refractivity contribution < 1.29 is 9.59 Å². The van der Waals surface area contributed by atoms with E-state index in [2.05, 4.69) is 30.1 Å². The lowest BCUT2D eigenvalue weighted by Gasteiger charge is -2.34. The average Bonchev–Trinajstić information content (AvgIpc) is 3.03. The first-order valence-corrected chi connectivity index (χ1v) is 8.95. The zero-order valence-corrected chi connectivity index (χ0v) is 14.0. The number of nitrogens with zero attached hydrogens (tertiary/aromatic N) is 1. The Bertz CT molecular complexity index is 711. The molecular weight excluding hydrogens is 300 g/mol. The molecule has 1 spiro atoms. The number of hydrogen-bond donors (Lipinski definition) is 1. The Hall–Kier alpha value is -2.10. The molecule has 1 aromatic carbocycles. The van der Waals surface area contributed by atoms with Crippen LogP contribution >= 0.6 is 0 Å². The molecule has 1 aliphatic carbocycles. The lowest BCUT2D eigenvalue weighted by molar-refractivity contribution is -0.135. The van der Waals surface area contributed by atoms with E-state index >= 15 is 0 Å². The van der Waals surface area contributed by atoms with E-state index in [1.54, 1.807) is 0 Å². The highest BCUT2D eigenvalue weighted by atomic mass is 16.2. The summed E-state index contributed by atoms with van der Waals surface area (Å²) in [5, 5.41) is 2.90. The van der Waals surface area contributed by atoms with E-state index in [9.17, 15) is 9.59 Å². The van der Waals surface area contributed by atoms with E-state index < -0.39 is 5.41 Å². The van der Waals surface area contributed by atoms with Gasteiger partial charge in [0.2, 0.25) is 11.8 Å². The molecule has 1 N–H and O–H groups in total. The Kier molecular flexibility index (Phi) is 3.70. The number of amides is 2. The first-order chi connectivity index (χ1) is 11.6. The SMILES string of the molecule is C=C1CCC2(CCN(C(=O)[C@H]3CCCc4ccccc43)C2)C(=O)N1. The summed E-state index contributed by atoms with van der Waals surface area (Å²) in [6, 6.07) is 8.31. The molecule has 126 valence electrons. The molecule has 1 unspecified atom stereocenters. The third kappa shape index (κ3) is 2.45. The first-order valence-electron chi connectivity index (χ1n) is 8.95. The normalized spacial score (nSPS) is 29.5. The fourth-order valence-corrected chi connectivity index (χ4v) is 4.54. The number of carbonyl (C=O) groups is 2. The number of carbonyl (C=O) groups excluding carboxylic acids is 2. The van der Waals surface area contributed by atoms with Crippen LogP contribution in [0.15, 0.2) is 36.5 Å². The van der Waals surface area contributed by atoms with Crippen LogP contribution in [0.1, 0.15) is 49.1 Å². The van der Waals surface area contributed by atoms with E-state index in [4.69, 9.17) is 0 Å². The highest BCUT2D eigenvalue weighted by molar-refractivity contribution is 5.89. The van der Waals surface area contributed by atoms with E-state index in [0.717, 1.165) is 44.2 Å². The van der Waals surface area contributed by atoms with Gasteiger partial charge in [-0.2, -0.15) is 0 Å². The zero-order valence-electron chi connectivity index (χ0n) is 14.0. The van der Waals surface area contributed by atoms with Gasteiger partial charge in [0.15, 0.2) is 0 Å². The quantitative estimate of drug-likeness (QED) is 0.863. The Balaban J connectivity index is 1.53. The number of nitrogens with one attached hydrogen (secondary N) is 1. The molecule has 0 radical (unpaired) electrons. The predicted molar refractivity (Wildman–Crippen MR) is 92.3 cm³/mol. The largest absolute Gasteiger partial charge is 0.341 e. The summed E-state index contributed by atoms with van der Waals surface area (Å²) in [6.45, 7) is 5.11. The Morgan fingerprint density at radius 3 is 2.92 bits per heavy atom. The van der Waals surface area contributed by atoms with Crippen molar-refractivity contribution >= 4 is 11.8 Å². The topological polar surface area (TPSA) is 49.4 Å². The maximum atomic E-state index is 13.1. The minimum absolute atomic E-state index is 0.0354. The summed E-state index contributed by atoms with van der Waals surface area (Å²) in [7, 11) is 0. The van der Waals surface area contributed by atoms with E-state index in [0.29, 0.717) is 13.1 Å². The van der Waals surface area contributed by atoms with Crippen molar-refractivity contribution in [1.29, 1.82) is 0 Å².